The Kier molecular flexibility index (Phi) is 12.7. The van der Waals surface area contributed by atoms with Gasteiger partial charge in [-0.25, -0.2) is 4.79 Å². The van der Waals surface area contributed by atoms with Crippen LogP contribution < -0.4 is 10.6 Å². The maximum Gasteiger partial charge on any atom is 0.408 e. The Labute approximate surface area is 245 Å². The minimum absolute atomic E-state index is 0.0620. The highest BCUT2D eigenvalue weighted by Crippen LogP contribution is 2.30. The Morgan fingerprint density at radius 2 is 1.54 bits per heavy atom. The van der Waals surface area contributed by atoms with Gasteiger partial charge in [-0.3, -0.25) is 9.59 Å². The number of carbonyl (C=O) groups is 3. The van der Waals surface area contributed by atoms with Gasteiger partial charge in [0.05, 0.1) is 0 Å². The number of phenols is 1. The maximum absolute atomic E-state index is 14.5. The molecule has 0 fully saturated rings. The van der Waals surface area contributed by atoms with Gasteiger partial charge in [-0.2, -0.15) is 0 Å². The Bertz CT molecular complexity index is 1110. The van der Waals surface area contributed by atoms with Gasteiger partial charge in [-0.15, -0.1) is 0 Å². The van der Waals surface area contributed by atoms with Crippen molar-refractivity contribution >= 4 is 17.9 Å². The molecule has 2 aromatic rings. The van der Waals surface area contributed by atoms with Crippen molar-refractivity contribution in [2.75, 3.05) is 0 Å². The van der Waals surface area contributed by atoms with Gasteiger partial charge in [-0.05, 0) is 75.6 Å². The van der Waals surface area contributed by atoms with E-state index in [2.05, 4.69) is 24.5 Å². The number of nitrogens with one attached hydrogen (secondary N) is 2. The lowest BCUT2D eigenvalue weighted by atomic mass is 9.93. The average molecular weight is 568 g/mol. The first-order valence-corrected chi connectivity index (χ1v) is 14.7. The molecule has 2 rings (SSSR count). The first-order valence-electron chi connectivity index (χ1n) is 14.7. The predicted octanol–water partition coefficient (Wildman–Crippen LogP) is 6.34. The molecule has 8 heteroatoms. The number of hydrogen-bond acceptors (Lipinski definition) is 5. The van der Waals surface area contributed by atoms with Gasteiger partial charge < -0.3 is 25.4 Å². The molecule has 0 aromatic heterocycles. The molecule has 3 N–H and O–H groups in total. The molecule has 0 aliphatic heterocycles. The Morgan fingerprint density at radius 1 is 0.927 bits per heavy atom. The molecule has 0 bridgehead atoms. The summed E-state index contributed by atoms with van der Waals surface area (Å²) in [5.74, 6) is -0.452. The number of phenolic OH excluding ortho intramolecular Hbond substituents is 1. The number of carbonyl (C=O) groups excluding carboxylic acids is 3. The van der Waals surface area contributed by atoms with Crippen molar-refractivity contribution in [3.05, 3.63) is 65.7 Å². The van der Waals surface area contributed by atoms with E-state index >= 15 is 0 Å². The first kappa shape index (κ1) is 33.7. The lowest BCUT2D eigenvalue weighted by Crippen LogP contribution is -2.57. The number of alkyl carbamates (subject to hydrolysis) is 1. The van der Waals surface area contributed by atoms with E-state index in [0.717, 1.165) is 12.0 Å². The van der Waals surface area contributed by atoms with Gasteiger partial charge in [-0.1, -0.05) is 76.6 Å². The zero-order chi connectivity index (χ0) is 30.7. The molecular weight excluding hydrogens is 518 g/mol. The van der Waals surface area contributed by atoms with Crippen LogP contribution in [0.2, 0.25) is 0 Å². The Hall–Kier alpha value is -3.55. The van der Waals surface area contributed by atoms with E-state index in [1.165, 1.54) is 12.1 Å². The van der Waals surface area contributed by atoms with Gasteiger partial charge in [0.2, 0.25) is 11.8 Å². The SMILES string of the molecule is CCC(C)C(NC(=O)OC(C)(C)C)C(=O)N(C(C)CCC(C)C)C(C(=O)NCc1ccccc1)c1ccc(O)cc1. The molecule has 4 atom stereocenters. The van der Waals surface area contributed by atoms with Crippen molar-refractivity contribution in [2.45, 2.75) is 105 Å². The fourth-order valence-electron chi connectivity index (χ4n) is 4.57. The van der Waals surface area contributed by atoms with E-state index in [4.69, 9.17) is 4.74 Å². The van der Waals surface area contributed by atoms with Crippen LogP contribution >= 0.6 is 0 Å². The average Bonchev–Trinajstić information content (AvgIpc) is 2.91. The van der Waals surface area contributed by atoms with Gasteiger partial charge >= 0.3 is 6.09 Å². The number of aromatic hydroxyl groups is 1. The molecule has 2 aromatic carbocycles. The van der Waals surface area contributed by atoms with Crippen molar-refractivity contribution in [3.8, 4) is 5.75 Å². The minimum atomic E-state index is -0.985. The van der Waals surface area contributed by atoms with Crippen molar-refractivity contribution < 1.29 is 24.2 Å². The van der Waals surface area contributed by atoms with Crippen LogP contribution in [0.25, 0.3) is 0 Å². The van der Waals surface area contributed by atoms with Crippen LogP contribution in [0.1, 0.15) is 91.8 Å². The van der Waals surface area contributed by atoms with Crippen molar-refractivity contribution in [1.82, 2.24) is 15.5 Å². The predicted molar refractivity (Wildman–Crippen MR) is 162 cm³/mol. The summed E-state index contributed by atoms with van der Waals surface area (Å²) in [6.07, 6.45) is 1.47. The third-order valence-electron chi connectivity index (χ3n) is 7.09. The van der Waals surface area contributed by atoms with Gasteiger partial charge in [0.25, 0.3) is 0 Å². The smallest absolute Gasteiger partial charge is 0.408 e. The Balaban J connectivity index is 2.57. The molecule has 0 radical (unpaired) electrons. The second kappa shape index (κ2) is 15.5. The molecule has 8 nitrogen and oxygen atoms in total. The van der Waals surface area contributed by atoms with Crippen LogP contribution in [-0.2, 0) is 20.9 Å². The van der Waals surface area contributed by atoms with Gasteiger partial charge in [0.1, 0.15) is 23.4 Å². The van der Waals surface area contributed by atoms with Crippen LogP contribution in [0.15, 0.2) is 54.6 Å². The largest absolute Gasteiger partial charge is 0.508 e. The van der Waals surface area contributed by atoms with Crippen molar-refractivity contribution in [2.24, 2.45) is 11.8 Å². The van der Waals surface area contributed by atoms with E-state index in [1.807, 2.05) is 51.1 Å². The normalized spacial score (nSPS) is 14.5. The van der Waals surface area contributed by atoms with Crippen LogP contribution in [0.5, 0.6) is 5.75 Å². The van der Waals surface area contributed by atoms with Gasteiger partial charge in [0, 0.05) is 12.6 Å². The quantitative estimate of drug-likeness (QED) is 0.262. The number of ether oxygens (including phenoxy) is 1. The van der Waals surface area contributed by atoms with E-state index in [9.17, 15) is 19.5 Å². The molecule has 4 unspecified atom stereocenters. The van der Waals surface area contributed by atoms with E-state index < -0.39 is 23.8 Å². The van der Waals surface area contributed by atoms with Crippen LogP contribution in [0.4, 0.5) is 4.79 Å². The van der Waals surface area contributed by atoms with Gasteiger partial charge in [0.15, 0.2) is 0 Å². The molecule has 0 saturated heterocycles. The van der Waals surface area contributed by atoms with Crippen molar-refractivity contribution in [3.63, 3.8) is 0 Å². The highest BCUT2D eigenvalue weighted by molar-refractivity contribution is 5.92. The summed E-state index contributed by atoms with van der Waals surface area (Å²) in [5.41, 5.74) is 0.766. The zero-order valence-electron chi connectivity index (χ0n) is 25.9. The summed E-state index contributed by atoms with van der Waals surface area (Å²) >= 11 is 0. The summed E-state index contributed by atoms with van der Waals surface area (Å²) < 4.78 is 5.50. The molecular formula is C33H49N3O5. The molecule has 0 saturated carbocycles. The zero-order valence-corrected chi connectivity index (χ0v) is 25.9. The summed E-state index contributed by atoms with van der Waals surface area (Å²) in [7, 11) is 0. The second-order valence-corrected chi connectivity index (χ2v) is 12.3. The van der Waals surface area contributed by atoms with Crippen molar-refractivity contribution in [1.29, 1.82) is 0 Å². The topological polar surface area (TPSA) is 108 Å². The molecule has 3 amide bonds. The lowest BCUT2D eigenvalue weighted by molar-refractivity contribution is -0.146. The molecule has 0 spiro atoms. The number of nitrogens with zero attached hydrogens (tertiary/aromatic N) is 1. The van der Waals surface area contributed by atoms with E-state index in [0.29, 0.717) is 30.9 Å². The highest BCUT2D eigenvalue weighted by Gasteiger charge is 2.40. The fraction of sp³-hybridized carbons (Fsp3) is 0.545. The maximum atomic E-state index is 14.5. The number of benzene rings is 2. The van der Waals surface area contributed by atoms with Crippen LogP contribution in [0, 0.1) is 11.8 Å². The third kappa shape index (κ3) is 10.7. The third-order valence-corrected chi connectivity index (χ3v) is 7.09. The second-order valence-electron chi connectivity index (χ2n) is 12.3. The number of rotatable bonds is 13. The summed E-state index contributed by atoms with van der Waals surface area (Å²) in [5, 5.41) is 15.8. The summed E-state index contributed by atoms with van der Waals surface area (Å²) in [4.78, 5) is 43.0. The van der Waals surface area contributed by atoms with E-state index in [1.54, 1.807) is 37.8 Å². The number of amides is 3. The monoisotopic (exact) mass is 567 g/mol. The first-order chi connectivity index (χ1) is 19.2. The standard InChI is InChI=1S/C33H49N3O5/c1-9-23(4)28(35-32(40)41-33(6,7)8)31(39)36(24(5)16-15-22(2)3)29(26-17-19-27(37)20-18-26)30(38)34-21-25-13-11-10-12-14-25/h10-14,17-20,22-24,28-29,37H,9,15-16,21H2,1-8H3,(H,34,38)(H,35,40). The minimum Gasteiger partial charge on any atom is -0.508 e. The molecule has 0 aliphatic rings. The molecule has 0 heterocycles. The summed E-state index contributed by atoms with van der Waals surface area (Å²) in [6, 6.07) is 13.7. The number of hydrogen-bond donors (Lipinski definition) is 3. The molecule has 226 valence electrons. The Morgan fingerprint density at radius 3 is 2.07 bits per heavy atom. The fourth-order valence-corrected chi connectivity index (χ4v) is 4.57. The van der Waals surface area contributed by atoms with E-state index in [-0.39, 0.29) is 29.5 Å². The lowest BCUT2D eigenvalue weighted by Gasteiger charge is -2.40. The summed E-state index contributed by atoms with van der Waals surface area (Å²) in [6.45, 7) is 15.6. The van der Waals surface area contributed by atoms with Crippen LogP contribution in [-0.4, -0.2) is 45.6 Å². The van der Waals surface area contributed by atoms with Crippen LogP contribution in [0.3, 0.4) is 0 Å². The molecule has 0 aliphatic carbocycles. The molecule has 41 heavy (non-hydrogen) atoms. The highest BCUT2D eigenvalue weighted by atomic mass is 16.6.